The van der Waals surface area contributed by atoms with E-state index >= 15 is 0 Å². The van der Waals surface area contributed by atoms with Crippen LogP contribution in [0.3, 0.4) is 0 Å². The van der Waals surface area contributed by atoms with Crippen LogP contribution in [0.2, 0.25) is 0 Å². The molecule has 0 radical (unpaired) electrons. The molecule has 0 aromatic heterocycles. The van der Waals surface area contributed by atoms with Gasteiger partial charge >= 0.3 is 0 Å². The summed E-state index contributed by atoms with van der Waals surface area (Å²) in [5, 5.41) is 3.06. The molecule has 0 unspecified atom stereocenters. The summed E-state index contributed by atoms with van der Waals surface area (Å²) in [5.74, 6) is 0.178. The third kappa shape index (κ3) is 6.00. The zero-order valence-corrected chi connectivity index (χ0v) is 14.8. The first kappa shape index (κ1) is 17.6. The van der Waals surface area contributed by atoms with Gasteiger partial charge in [0.05, 0.1) is 0 Å². The molecule has 1 fully saturated rings. The van der Waals surface area contributed by atoms with Gasteiger partial charge in [-0.2, -0.15) is 0 Å². The molecule has 0 bridgehead atoms. The number of benzene rings is 2. The van der Waals surface area contributed by atoms with Gasteiger partial charge in [0.25, 0.3) is 5.91 Å². The van der Waals surface area contributed by atoms with Gasteiger partial charge in [-0.1, -0.05) is 60.7 Å². The lowest BCUT2D eigenvalue weighted by Gasteiger charge is -2.29. The highest BCUT2D eigenvalue weighted by Crippen LogP contribution is 1.98. The number of carbonyl (C=O) groups excluding carboxylic acids is 1. The number of hydrogen-bond donors (Lipinski definition) is 3. The van der Waals surface area contributed by atoms with E-state index < -0.39 is 0 Å². The molecule has 25 heavy (non-hydrogen) atoms. The summed E-state index contributed by atoms with van der Waals surface area (Å²) in [7, 11) is 0. The first-order chi connectivity index (χ1) is 12.3. The van der Waals surface area contributed by atoms with Crippen molar-refractivity contribution < 1.29 is 14.6 Å². The quantitative estimate of drug-likeness (QED) is 0.615. The van der Waals surface area contributed by atoms with Crippen LogP contribution in [0.5, 0.6) is 0 Å². The van der Waals surface area contributed by atoms with E-state index in [0.29, 0.717) is 6.54 Å². The Morgan fingerprint density at radius 2 is 1.36 bits per heavy atom. The van der Waals surface area contributed by atoms with Crippen molar-refractivity contribution in [2.75, 3.05) is 39.3 Å². The van der Waals surface area contributed by atoms with Crippen LogP contribution in [0.15, 0.2) is 60.7 Å². The van der Waals surface area contributed by atoms with Crippen molar-refractivity contribution in [3.63, 3.8) is 0 Å². The molecular weight excluding hydrogens is 310 g/mol. The Balaban J connectivity index is 1.32. The van der Waals surface area contributed by atoms with Crippen LogP contribution in [0, 0.1) is 0 Å². The summed E-state index contributed by atoms with van der Waals surface area (Å²) in [5.41, 5.74) is 2.67. The number of amides is 1. The lowest BCUT2D eigenvalue weighted by molar-refractivity contribution is -1.02. The number of carbonyl (C=O) groups is 1. The van der Waals surface area contributed by atoms with Crippen LogP contribution in [0.4, 0.5) is 0 Å². The monoisotopic (exact) mass is 339 g/mol. The standard InChI is InChI=1S/C21H27N3O/c25-21(22-12-11-19-7-3-1-4-8-19)18-24-15-13-23(14-16-24)17-20-9-5-2-6-10-20/h1-10H,11-18H2,(H,22,25)/p+2. The maximum atomic E-state index is 12.1. The predicted octanol–water partition coefficient (Wildman–Crippen LogP) is -0.671. The summed E-state index contributed by atoms with van der Waals surface area (Å²) >= 11 is 0. The largest absolute Gasteiger partial charge is 0.351 e. The molecule has 3 N–H and O–H groups in total. The molecule has 1 aliphatic heterocycles. The van der Waals surface area contributed by atoms with E-state index in [2.05, 4.69) is 47.8 Å². The summed E-state index contributed by atoms with van der Waals surface area (Å²) < 4.78 is 0. The number of nitrogens with one attached hydrogen (secondary N) is 3. The Kier molecular flexibility index (Phi) is 6.60. The minimum absolute atomic E-state index is 0.178. The predicted molar refractivity (Wildman–Crippen MR) is 99.6 cm³/mol. The molecule has 0 aliphatic carbocycles. The molecular formula is C21H29N3O+2. The van der Waals surface area contributed by atoms with Crippen molar-refractivity contribution in [1.29, 1.82) is 0 Å². The van der Waals surface area contributed by atoms with Gasteiger partial charge in [0, 0.05) is 12.1 Å². The fourth-order valence-electron chi connectivity index (χ4n) is 3.48. The lowest BCUT2D eigenvalue weighted by Crippen LogP contribution is -3.28. The van der Waals surface area contributed by atoms with Crippen LogP contribution >= 0.6 is 0 Å². The Hall–Kier alpha value is -2.17. The van der Waals surface area contributed by atoms with Crippen LogP contribution in [-0.4, -0.2) is 45.2 Å². The Labute approximate surface area is 150 Å². The number of quaternary nitrogens is 2. The van der Waals surface area contributed by atoms with E-state index in [9.17, 15) is 4.79 Å². The SMILES string of the molecule is O=C(C[NH+]1CC[NH+](Cc2ccccc2)CC1)NCCc1ccccc1. The van der Waals surface area contributed by atoms with Crippen molar-refractivity contribution in [3.8, 4) is 0 Å². The van der Waals surface area contributed by atoms with E-state index in [1.54, 1.807) is 4.90 Å². The zero-order valence-electron chi connectivity index (χ0n) is 14.8. The molecule has 0 atom stereocenters. The number of hydrogen-bond acceptors (Lipinski definition) is 1. The minimum Gasteiger partial charge on any atom is -0.351 e. The molecule has 3 rings (SSSR count). The normalized spacial score (nSPS) is 20.2. The molecule has 4 heteroatoms. The Bertz CT molecular complexity index is 637. The van der Waals surface area contributed by atoms with Gasteiger partial charge in [0.15, 0.2) is 6.54 Å². The minimum atomic E-state index is 0.178. The maximum absolute atomic E-state index is 12.1. The smallest absolute Gasteiger partial charge is 0.275 e. The first-order valence-electron chi connectivity index (χ1n) is 9.31. The molecule has 132 valence electrons. The van der Waals surface area contributed by atoms with Crippen LogP contribution in [-0.2, 0) is 17.8 Å². The molecule has 2 aromatic carbocycles. The third-order valence-corrected chi connectivity index (χ3v) is 4.95. The lowest BCUT2D eigenvalue weighted by atomic mass is 10.1. The van der Waals surface area contributed by atoms with Gasteiger partial charge in [0.2, 0.25) is 0 Å². The summed E-state index contributed by atoms with van der Waals surface area (Å²) in [6, 6.07) is 21.0. The molecule has 0 saturated carbocycles. The third-order valence-electron chi connectivity index (χ3n) is 4.95. The highest BCUT2D eigenvalue weighted by molar-refractivity contribution is 5.76. The van der Waals surface area contributed by atoms with Crippen LogP contribution in [0.1, 0.15) is 11.1 Å². The van der Waals surface area contributed by atoms with Crippen molar-refractivity contribution in [3.05, 3.63) is 71.8 Å². The van der Waals surface area contributed by atoms with E-state index in [1.165, 1.54) is 16.0 Å². The first-order valence-corrected chi connectivity index (χ1v) is 9.31. The van der Waals surface area contributed by atoms with E-state index in [0.717, 1.165) is 45.7 Å². The fourth-order valence-corrected chi connectivity index (χ4v) is 3.48. The summed E-state index contributed by atoms with van der Waals surface area (Å²) in [4.78, 5) is 15.2. The molecule has 1 saturated heterocycles. The van der Waals surface area contributed by atoms with E-state index in [4.69, 9.17) is 0 Å². The molecule has 1 amide bonds. The average Bonchev–Trinajstić information content (AvgIpc) is 2.65. The number of piperazine rings is 1. The second-order valence-corrected chi connectivity index (χ2v) is 6.92. The van der Waals surface area contributed by atoms with Gasteiger partial charge in [-0.3, -0.25) is 4.79 Å². The van der Waals surface area contributed by atoms with Crippen molar-refractivity contribution in [1.82, 2.24) is 5.32 Å². The van der Waals surface area contributed by atoms with Gasteiger partial charge in [-0.15, -0.1) is 0 Å². The highest BCUT2D eigenvalue weighted by Gasteiger charge is 2.24. The zero-order chi connectivity index (χ0) is 17.3. The molecule has 1 heterocycles. The highest BCUT2D eigenvalue weighted by atomic mass is 16.2. The van der Waals surface area contributed by atoms with E-state index in [1.807, 2.05) is 18.2 Å². The van der Waals surface area contributed by atoms with Gasteiger partial charge in [-0.05, 0) is 12.0 Å². The molecule has 4 nitrogen and oxygen atoms in total. The van der Waals surface area contributed by atoms with Crippen LogP contribution in [0.25, 0.3) is 0 Å². The fraction of sp³-hybridized carbons (Fsp3) is 0.381. The molecule has 1 aliphatic rings. The second kappa shape index (κ2) is 9.35. The number of rotatable bonds is 7. The van der Waals surface area contributed by atoms with Gasteiger partial charge in [-0.25, -0.2) is 0 Å². The summed E-state index contributed by atoms with van der Waals surface area (Å²) in [6.45, 7) is 6.86. The Morgan fingerprint density at radius 3 is 2.00 bits per heavy atom. The van der Waals surface area contributed by atoms with Crippen molar-refractivity contribution in [2.45, 2.75) is 13.0 Å². The van der Waals surface area contributed by atoms with Crippen LogP contribution < -0.4 is 15.1 Å². The van der Waals surface area contributed by atoms with Crippen molar-refractivity contribution >= 4 is 5.91 Å². The van der Waals surface area contributed by atoms with E-state index in [-0.39, 0.29) is 5.91 Å². The van der Waals surface area contributed by atoms with Crippen molar-refractivity contribution in [2.24, 2.45) is 0 Å². The summed E-state index contributed by atoms with van der Waals surface area (Å²) in [6.07, 6.45) is 0.900. The topological polar surface area (TPSA) is 38.0 Å². The molecule has 0 spiro atoms. The second-order valence-electron chi connectivity index (χ2n) is 6.92. The van der Waals surface area contributed by atoms with Gasteiger partial charge < -0.3 is 15.1 Å². The van der Waals surface area contributed by atoms with Gasteiger partial charge in [0.1, 0.15) is 32.7 Å². The maximum Gasteiger partial charge on any atom is 0.275 e. The Morgan fingerprint density at radius 1 is 0.800 bits per heavy atom. The molecule has 2 aromatic rings. The average molecular weight is 339 g/mol.